The highest BCUT2D eigenvalue weighted by Gasteiger charge is 2.21. The van der Waals surface area contributed by atoms with E-state index in [1.54, 1.807) is 6.07 Å². The number of amides is 1. The van der Waals surface area contributed by atoms with Crippen molar-refractivity contribution in [1.29, 1.82) is 0 Å². The first-order valence-corrected chi connectivity index (χ1v) is 8.55. The number of nitro groups is 1. The van der Waals surface area contributed by atoms with Gasteiger partial charge in [0.1, 0.15) is 5.56 Å². The number of hydrogen-bond donors (Lipinski definition) is 1. The van der Waals surface area contributed by atoms with Gasteiger partial charge in [-0.2, -0.15) is 0 Å². The van der Waals surface area contributed by atoms with Crippen LogP contribution in [-0.2, 0) is 0 Å². The van der Waals surface area contributed by atoms with Gasteiger partial charge in [0.15, 0.2) is 0 Å². The van der Waals surface area contributed by atoms with Crippen molar-refractivity contribution in [3.63, 3.8) is 0 Å². The van der Waals surface area contributed by atoms with E-state index < -0.39 is 10.8 Å². The summed E-state index contributed by atoms with van der Waals surface area (Å²) in [4.78, 5) is 26.8. The highest BCUT2D eigenvalue weighted by molar-refractivity contribution is 6.18. The van der Waals surface area contributed by atoms with E-state index in [4.69, 9.17) is 23.2 Å². The van der Waals surface area contributed by atoms with Crippen molar-refractivity contribution >= 4 is 40.5 Å². The van der Waals surface area contributed by atoms with Crippen LogP contribution in [0.25, 0.3) is 0 Å². The van der Waals surface area contributed by atoms with Gasteiger partial charge >= 0.3 is 0 Å². The van der Waals surface area contributed by atoms with Crippen LogP contribution >= 0.6 is 23.2 Å². The molecule has 1 rings (SSSR count). The van der Waals surface area contributed by atoms with Crippen molar-refractivity contribution < 1.29 is 9.72 Å². The van der Waals surface area contributed by atoms with Crippen molar-refractivity contribution in [3.05, 3.63) is 33.9 Å². The second-order valence-electron chi connectivity index (χ2n) is 5.38. The number of carbonyl (C=O) groups excluding carboxylic acids is 1. The monoisotopic (exact) mass is 376 g/mol. The third kappa shape index (κ3) is 6.14. The predicted octanol–water partition coefficient (Wildman–Crippen LogP) is 2.17. The molecule has 1 aromatic rings. The lowest BCUT2D eigenvalue weighted by molar-refractivity contribution is -0.385. The Hall–Kier alpha value is -1.57. The molecule has 0 aliphatic carbocycles. The molecule has 134 valence electrons. The number of likely N-dealkylation sites (N-methyl/N-ethyl adjacent to an activating group) is 1. The van der Waals surface area contributed by atoms with Crippen LogP contribution in [0.5, 0.6) is 0 Å². The largest absolute Gasteiger partial charge is 0.369 e. The molecule has 0 saturated heterocycles. The van der Waals surface area contributed by atoms with Crippen molar-refractivity contribution in [2.24, 2.45) is 0 Å². The fraction of sp³-hybridized carbons (Fsp3) is 0.533. The first kappa shape index (κ1) is 20.5. The molecule has 0 heterocycles. The Balaban J connectivity index is 3.07. The second-order valence-corrected chi connectivity index (χ2v) is 6.14. The zero-order valence-electron chi connectivity index (χ0n) is 13.8. The van der Waals surface area contributed by atoms with Gasteiger partial charge in [0.05, 0.1) is 4.92 Å². The Morgan fingerprint density at radius 1 is 1.21 bits per heavy atom. The van der Waals surface area contributed by atoms with Crippen molar-refractivity contribution in [2.45, 2.75) is 0 Å². The Kier molecular flexibility index (Phi) is 8.81. The van der Waals surface area contributed by atoms with Crippen LogP contribution in [0.4, 0.5) is 11.4 Å². The average molecular weight is 377 g/mol. The molecule has 0 fully saturated rings. The quantitative estimate of drug-likeness (QED) is 0.384. The number of benzene rings is 1. The predicted molar refractivity (Wildman–Crippen MR) is 97.6 cm³/mol. The summed E-state index contributed by atoms with van der Waals surface area (Å²) in [6.45, 7) is 2.12. The van der Waals surface area contributed by atoms with Crippen molar-refractivity contribution in [3.8, 4) is 0 Å². The van der Waals surface area contributed by atoms with Gasteiger partial charge in [-0.3, -0.25) is 14.9 Å². The molecule has 0 aliphatic heterocycles. The van der Waals surface area contributed by atoms with Crippen LogP contribution in [0.1, 0.15) is 10.4 Å². The molecule has 7 nitrogen and oxygen atoms in total. The van der Waals surface area contributed by atoms with Crippen LogP contribution in [-0.4, -0.2) is 67.8 Å². The van der Waals surface area contributed by atoms with Gasteiger partial charge in [0, 0.05) is 49.7 Å². The fourth-order valence-corrected chi connectivity index (χ4v) is 2.53. The van der Waals surface area contributed by atoms with Crippen molar-refractivity contribution in [2.75, 3.05) is 56.9 Å². The van der Waals surface area contributed by atoms with Gasteiger partial charge < -0.3 is 15.1 Å². The normalized spacial score (nSPS) is 10.7. The minimum absolute atomic E-state index is 0.0328. The Morgan fingerprint density at radius 3 is 2.33 bits per heavy atom. The molecule has 1 amide bonds. The number of rotatable bonds is 10. The molecule has 9 heteroatoms. The summed E-state index contributed by atoms with van der Waals surface area (Å²) in [6.07, 6.45) is 0. The van der Waals surface area contributed by atoms with Crippen LogP contribution in [0.2, 0.25) is 0 Å². The van der Waals surface area contributed by atoms with Gasteiger partial charge in [-0.1, -0.05) is 0 Å². The van der Waals surface area contributed by atoms with Gasteiger partial charge in [0.2, 0.25) is 0 Å². The zero-order chi connectivity index (χ0) is 18.1. The minimum atomic E-state index is -0.557. The molecule has 0 spiro atoms. The molecule has 0 atom stereocenters. The average Bonchev–Trinajstić information content (AvgIpc) is 2.53. The van der Waals surface area contributed by atoms with E-state index >= 15 is 0 Å². The standard InChI is InChI=1S/C15H22Cl2N4O3/c1-19(2)10-7-18-15(22)13-11-12(3-4-14(13)21(23)24)20(8-5-16)9-6-17/h3-4,11H,5-10H2,1-2H3,(H,18,22). The number of carbonyl (C=O) groups is 1. The molecule has 1 N–H and O–H groups in total. The Morgan fingerprint density at radius 2 is 1.83 bits per heavy atom. The third-order valence-electron chi connectivity index (χ3n) is 3.34. The zero-order valence-corrected chi connectivity index (χ0v) is 15.3. The van der Waals surface area contributed by atoms with E-state index in [-0.39, 0.29) is 11.3 Å². The smallest absolute Gasteiger partial charge is 0.282 e. The number of halogens is 2. The van der Waals surface area contributed by atoms with Crippen LogP contribution < -0.4 is 10.2 Å². The highest BCUT2D eigenvalue weighted by Crippen LogP contribution is 2.25. The number of nitrogens with one attached hydrogen (secondary N) is 1. The second kappa shape index (κ2) is 10.3. The number of nitrogens with zero attached hydrogens (tertiary/aromatic N) is 3. The van der Waals surface area contributed by atoms with Crippen LogP contribution in [0.3, 0.4) is 0 Å². The first-order chi connectivity index (χ1) is 11.4. The lowest BCUT2D eigenvalue weighted by Gasteiger charge is -2.23. The summed E-state index contributed by atoms with van der Waals surface area (Å²) in [5.74, 6) is 0.304. The number of alkyl halides is 2. The Labute approximate surface area is 151 Å². The summed E-state index contributed by atoms with van der Waals surface area (Å²) >= 11 is 11.6. The summed E-state index contributed by atoms with van der Waals surface area (Å²) in [5, 5.41) is 13.9. The summed E-state index contributed by atoms with van der Waals surface area (Å²) in [6, 6.07) is 4.46. The first-order valence-electron chi connectivity index (χ1n) is 7.49. The van der Waals surface area contributed by atoms with Gasteiger partial charge in [-0.05, 0) is 26.2 Å². The van der Waals surface area contributed by atoms with E-state index in [9.17, 15) is 14.9 Å². The van der Waals surface area contributed by atoms with Crippen molar-refractivity contribution in [1.82, 2.24) is 10.2 Å². The molecule has 0 aromatic heterocycles. The van der Waals surface area contributed by atoms with Crippen LogP contribution in [0, 0.1) is 10.1 Å². The topological polar surface area (TPSA) is 78.7 Å². The maximum Gasteiger partial charge on any atom is 0.282 e. The molecule has 0 radical (unpaired) electrons. The lowest BCUT2D eigenvalue weighted by atomic mass is 10.1. The summed E-state index contributed by atoms with van der Waals surface area (Å²) in [7, 11) is 3.76. The minimum Gasteiger partial charge on any atom is -0.369 e. The number of nitro benzene ring substituents is 1. The van der Waals surface area contributed by atoms with Gasteiger partial charge in [0.25, 0.3) is 11.6 Å². The third-order valence-corrected chi connectivity index (χ3v) is 3.68. The van der Waals surface area contributed by atoms with Gasteiger partial charge in [-0.25, -0.2) is 0 Å². The number of hydrogen-bond acceptors (Lipinski definition) is 5. The summed E-state index contributed by atoms with van der Waals surface area (Å²) in [5.41, 5.74) is 0.489. The van der Waals surface area contributed by atoms with E-state index in [2.05, 4.69) is 5.32 Å². The van der Waals surface area contributed by atoms with E-state index in [0.29, 0.717) is 43.6 Å². The molecule has 24 heavy (non-hydrogen) atoms. The summed E-state index contributed by atoms with van der Waals surface area (Å²) < 4.78 is 0. The molecule has 0 bridgehead atoms. The maximum absolute atomic E-state index is 12.3. The van der Waals surface area contributed by atoms with Crippen LogP contribution in [0.15, 0.2) is 18.2 Å². The maximum atomic E-state index is 12.3. The highest BCUT2D eigenvalue weighted by atomic mass is 35.5. The molecule has 0 unspecified atom stereocenters. The molecular formula is C15H22Cl2N4O3. The van der Waals surface area contributed by atoms with E-state index in [1.165, 1.54) is 12.1 Å². The Bertz CT molecular complexity index is 564. The molecule has 1 aromatic carbocycles. The SMILES string of the molecule is CN(C)CCNC(=O)c1cc(N(CCCl)CCCl)ccc1[N+](=O)[O-]. The van der Waals surface area contributed by atoms with E-state index in [0.717, 1.165) is 0 Å². The number of anilines is 1. The fourth-order valence-electron chi connectivity index (χ4n) is 2.12. The van der Waals surface area contributed by atoms with Gasteiger partial charge in [-0.15, -0.1) is 23.2 Å². The lowest BCUT2D eigenvalue weighted by Crippen LogP contribution is -2.32. The molecule has 0 aliphatic rings. The molecule has 0 saturated carbocycles. The van der Waals surface area contributed by atoms with E-state index in [1.807, 2.05) is 23.9 Å². The molecular weight excluding hydrogens is 355 g/mol.